The highest BCUT2D eigenvalue weighted by molar-refractivity contribution is 6.35. The van der Waals surface area contributed by atoms with Crippen LogP contribution in [0.3, 0.4) is 0 Å². The molecule has 0 saturated heterocycles. The minimum absolute atomic E-state index is 0.183. The molecule has 0 radical (unpaired) electrons. The van der Waals surface area contributed by atoms with Crippen LogP contribution in [0.5, 0.6) is 0 Å². The van der Waals surface area contributed by atoms with Gasteiger partial charge in [0.05, 0.1) is 0 Å². The second kappa shape index (κ2) is 7.63. The Morgan fingerprint density at radius 1 is 1.15 bits per heavy atom. The van der Waals surface area contributed by atoms with Gasteiger partial charge in [-0.2, -0.15) is 0 Å². The fourth-order valence-electron chi connectivity index (χ4n) is 2.15. The van der Waals surface area contributed by atoms with E-state index in [-0.39, 0.29) is 6.04 Å². The largest absolute Gasteiger partial charge is 0.310 e. The lowest BCUT2D eigenvalue weighted by atomic mass is 9.99. The second-order valence-electron chi connectivity index (χ2n) is 4.73. The highest BCUT2D eigenvalue weighted by Crippen LogP contribution is 2.28. The first-order valence-electron chi connectivity index (χ1n) is 6.78. The number of nitrogens with zero attached hydrogens (tertiary/aromatic N) is 1. The molecular weight excluding hydrogens is 291 g/mol. The molecule has 1 aromatic carbocycles. The molecule has 1 atom stereocenters. The van der Waals surface area contributed by atoms with Gasteiger partial charge in [-0.15, -0.1) is 0 Å². The van der Waals surface area contributed by atoms with Crippen LogP contribution in [0.2, 0.25) is 10.0 Å². The van der Waals surface area contributed by atoms with Gasteiger partial charge < -0.3 is 5.32 Å². The molecule has 1 heterocycles. The van der Waals surface area contributed by atoms with Crippen molar-refractivity contribution in [2.24, 2.45) is 0 Å². The third-order valence-corrected chi connectivity index (χ3v) is 3.73. The smallest absolute Gasteiger partial charge is 0.0468 e. The summed E-state index contributed by atoms with van der Waals surface area (Å²) in [7, 11) is 0. The molecule has 4 heteroatoms. The van der Waals surface area contributed by atoms with Crippen molar-refractivity contribution in [2.45, 2.75) is 25.8 Å². The van der Waals surface area contributed by atoms with E-state index in [1.165, 1.54) is 5.56 Å². The first kappa shape index (κ1) is 15.3. The maximum Gasteiger partial charge on any atom is 0.0468 e. The molecule has 20 heavy (non-hydrogen) atoms. The van der Waals surface area contributed by atoms with Crippen LogP contribution in [-0.2, 0) is 6.42 Å². The van der Waals surface area contributed by atoms with E-state index >= 15 is 0 Å². The Kier molecular flexibility index (Phi) is 5.84. The van der Waals surface area contributed by atoms with Gasteiger partial charge in [-0.05, 0) is 54.8 Å². The van der Waals surface area contributed by atoms with Gasteiger partial charge in [-0.1, -0.05) is 36.2 Å². The van der Waals surface area contributed by atoms with Gasteiger partial charge in [0.25, 0.3) is 0 Å². The predicted molar refractivity (Wildman–Crippen MR) is 85.4 cm³/mol. The van der Waals surface area contributed by atoms with E-state index in [2.05, 4.69) is 17.2 Å². The summed E-state index contributed by atoms with van der Waals surface area (Å²) in [5.41, 5.74) is 2.32. The third-order valence-electron chi connectivity index (χ3n) is 3.17. The summed E-state index contributed by atoms with van der Waals surface area (Å²) in [4.78, 5) is 4.05. The van der Waals surface area contributed by atoms with E-state index in [4.69, 9.17) is 23.2 Å². The molecule has 0 aliphatic heterocycles. The Bertz CT molecular complexity index is 543. The number of aromatic nitrogens is 1. The normalized spacial score (nSPS) is 12.3. The van der Waals surface area contributed by atoms with Crippen LogP contribution in [-0.4, -0.2) is 11.5 Å². The van der Waals surface area contributed by atoms with E-state index < -0.39 is 0 Å². The van der Waals surface area contributed by atoms with Crippen molar-refractivity contribution in [3.63, 3.8) is 0 Å². The van der Waals surface area contributed by atoms with Crippen LogP contribution in [0.25, 0.3) is 0 Å². The number of hydrogen-bond donors (Lipinski definition) is 1. The van der Waals surface area contributed by atoms with Crippen LogP contribution in [0, 0.1) is 0 Å². The molecule has 0 aliphatic rings. The summed E-state index contributed by atoms with van der Waals surface area (Å²) in [5.74, 6) is 0. The number of benzene rings is 1. The lowest BCUT2D eigenvalue weighted by molar-refractivity contribution is 0.529. The molecular formula is C16H18Cl2N2. The summed E-state index contributed by atoms with van der Waals surface area (Å²) < 4.78 is 0. The first-order chi connectivity index (χ1) is 9.70. The van der Waals surface area contributed by atoms with Crippen LogP contribution in [0.1, 0.15) is 30.5 Å². The Labute approximate surface area is 130 Å². The van der Waals surface area contributed by atoms with Crippen LogP contribution in [0.15, 0.2) is 42.7 Å². The standard InChI is InChI=1S/C16H18Cl2N2/c1-2-7-20-16(10-12-5-8-19-9-6-12)14-4-3-13(17)11-15(14)18/h3-6,8-9,11,16,20H,2,7,10H2,1H3. The fourth-order valence-corrected chi connectivity index (χ4v) is 2.69. The third kappa shape index (κ3) is 4.20. The Morgan fingerprint density at radius 3 is 2.55 bits per heavy atom. The molecule has 0 bridgehead atoms. The maximum absolute atomic E-state index is 6.33. The summed E-state index contributed by atoms with van der Waals surface area (Å²) in [5, 5.41) is 4.92. The van der Waals surface area contributed by atoms with Gasteiger partial charge in [-0.3, -0.25) is 4.98 Å². The second-order valence-corrected chi connectivity index (χ2v) is 5.58. The van der Waals surface area contributed by atoms with E-state index in [0.717, 1.165) is 24.9 Å². The van der Waals surface area contributed by atoms with E-state index in [0.29, 0.717) is 10.0 Å². The number of nitrogens with one attached hydrogen (secondary N) is 1. The Morgan fingerprint density at radius 2 is 1.90 bits per heavy atom. The van der Waals surface area contributed by atoms with Gasteiger partial charge in [0.1, 0.15) is 0 Å². The van der Waals surface area contributed by atoms with E-state index in [1.54, 1.807) is 6.07 Å². The SMILES string of the molecule is CCCNC(Cc1ccncc1)c1ccc(Cl)cc1Cl. The van der Waals surface area contributed by atoms with Crippen molar-refractivity contribution in [1.82, 2.24) is 10.3 Å². The van der Waals surface area contributed by atoms with Crippen molar-refractivity contribution in [3.05, 3.63) is 63.9 Å². The van der Waals surface area contributed by atoms with Gasteiger partial charge >= 0.3 is 0 Å². The predicted octanol–water partition coefficient (Wildman–Crippen LogP) is 4.67. The molecule has 1 N–H and O–H groups in total. The van der Waals surface area contributed by atoms with Crippen LogP contribution in [0.4, 0.5) is 0 Å². The topological polar surface area (TPSA) is 24.9 Å². The van der Waals surface area contributed by atoms with Crippen molar-refractivity contribution in [2.75, 3.05) is 6.54 Å². The van der Waals surface area contributed by atoms with Crippen molar-refractivity contribution in [3.8, 4) is 0 Å². The monoisotopic (exact) mass is 308 g/mol. The molecule has 2 nitrogen and oxygen atoms in total. The molecule has 1 unspecified atom stereocenters. The van der Waals surface area contributed by atoms with Crippen molar-refractivity contribution < 1.29 is 0 Å². The van der Waals surface area contributed by atoms with Gasteiger partial charge in [0.15, 0.2) is 0 Å². The van der Waals surface area contributed by atoms with Crippen LogP contribution >= 0.6 is 23.2 Å². The number of rotatable bonds is 6. The quantitative estimate of drug-likeness (QED) is 0.838. The fraction of sp³-hybridized carbons (Fsp3) is 0.312. The minimum atomic E-state index is 0.183. The zero-order valence-electron chi connectivity index (χ0n) is 11.4. The maximum atomic E-state index is 6.33. The number of hydrogen-bond acceptors (Lipinski definition) is 2. The molecule has 2 rings (SSSR count). The average molecular weight is 309 g/mol. The average Bonchev–Trinajstić information content (AvgIpc) is 2.45. The molecule has 0 amide bonds. The lowest BCUT2D eigenvalue weighted by Crippen LogP contribution is -2.24. The van der Waals surface area contributed by atoms with E-state index in [1.807, 2.05) is 36.7 Å². The Hall–Kier alpha value is -1.09. The first-order valence-corrected chi connectivity index (χ1v) is 7.53. The lowest BCUT2D eigenvalue weighted by Gasteiger charge is -2.20. The molecule has 106 valence electrons. The molecule has 0 fully saturated rings. The van der Waals surface area contributed by atoms with Crippen molar-refractivity contribution >= 4 is 23.2 Å². The highest BCUT2D eigenvalue weighted by Gasteiger charge is 2.15. The summed E-state index contributed by atoms with van der Waals surface area (Å²) in [6, 6.07) is 9.93. The summed E-state index contributed by atoms with van der Waals surface area (Å²) >= 11 is 12.3. The Balaban J connectivity index is 2.22. The zero-order chi connectivity index (χ0) is 14.4. The van der Waals surface area contributed by atoms with Gasteiger partial charge in [0.2, 0.25) is 0 Å². The minimum Gasteiger partial charge on any atom is -0.310 e. The van der Waals surface area contributed by atoms with Gasteiger partial charge in [0, 0.05) is 28.5 Å². The van der Waals surface area contributed by atoms with Gasteiger partial charge in [-0.25, -0.2) is 0 Å². The summed E-state index contributed by atoms with van der Waals surface area (Å²) in [6.07, 6.45) is 5.59. The van der Waals surface area contributed by atoms with Crippen LogP contribution < -0.4 is 5.32 Å². The van der Waals surface area contributed by atoms with E-state index in [9.17, 15) is 0 Å². The number of pyridine rings is 1. The molecule has 0 spiro atoms. The highest BCUT2D eigenvalue weighted by atomic mass is 35.5. The zero-order valence-corrected chi connectivity index (χ0v) is 13.0. The number of halogens is 2. The molecule has 0 aliphatic carbocycles. The molecule has 1 aromatic heterocycles. The molecule has 2 aromatic rings. The summed E-state index contributed by atoms with van der Waals surface area (Å²) in [6.45, 7) is 3.11. The van der Waals surface area contributed by atoms with Crippen molar-refractivity contribution in [1.29, 1.82) is 0 Å². The molecule has 0 saturated carbocycles.